The molecule has 1 aliphatic rings. The molecule has 2 N–H and O–H groups in total. The van der Waals surface area contributed by atoms with E-state index in [1.807, 2.05) is 18.2 Å². The topological polar surface area (TPSA) is 144 Å². The first-order chi connectivity index (χ1) is 18.5. The summed E-state index contributed by atoms with van der Waals surface area (Å²) >= 11 is 0. The van der Waals surface area contributed by atoms with Gasteiger partial charge in [-0.2, -0.15) is 0 Å². The molecule has 1 atom stereocenters. The van der Waals surface area contributed by atoms with Crippen LogP contribution in [0.25, 0.3) is 0 Å². The predicted molar refractivity (Wildman–Crippen MR) is 142 cm³/mol. The van der Waals surface area contributed by atoms with E-state index in [2.05, 4.69) is 0 Å². The van der Waals surface area contributed by atoms with Gasteiger partial charge in [0.2, 0.25) is 21.8 Å². The van der Waals surface area contributed by atoms with E-state index in [0.29, 0.717) is 12.1 Å². The molecule has 3 amide bonds. The lowest BCUT2D eigenvalue weighted by Gasteiger charge is -2.28. The number of carbonyl (C=O) groups excluding carboxylic acids is 4. The van der Waals surface area contributed by atoms with Crippen molar-refractivity contribution in [2.45, 2.75) is 37.1 Å². The summed E-state index contributed by atoms with van der Waals surface area (Å²) in [5, 5.41) is 5.17. The number of benzene rings is 3. The molecule has 11 heteroatoms. The molecule has 0 saturated carbocycles. The number of hydrogen-bond acceptors (Lipinski definition) is 7. The first kappa shape index (κ1) is 27.7. The molecule has 0 aliphatic carbocycles. The quantitative estimate of drug-likeness (QED) is 0.245. The van der Waals surface area contributed by atoms with Gasteiger partial charge in [-0.25, -0.2) is 18.5 Å². The summed E-state index contributed by atoms with van der Waals surface area (Å²) in [6.07, 6.45) is 0.177. The van der Waals surface area contributed by atoms with Crippen molar-refractivity contribution in [3.63, 3.8) is 0 Å². The molecule has 1 unspecified atom stereocenters. The van der Waals surface area contributed by atoms with Crippen LogP contribution < -0.4 is 14.8 Å². The molecule has 4 rings (SSSR count). The zero-order valence-electron chi connectivity index (χ0n) is 21.1. The van der Waals surface area contributed by atoms with Crippen molar-refractivity contribution in [1.82, 2.24) is 4.90 Å². The van der Waals surface area contributed by atoms with Crippen molar-refractivity contribution in [2.75, 3.05) is 11.4 Å². The Morgan fingerprint density at radius 3 is 2.18 bits per heavy atom. The number of nitrogens with two attached hydrogens (primary N) is 1. The van der Waals surface area contributed by atoms with E-state index in [1.165, 1.54) is 48.2 Å². The highest BCUT2D eigenvalue weighted by molar-refractivity contribution is 7.89. The first-order valence-corrected chi connectivity index (χ1v) is 13.7. The number of hydrogen-bond donors (Lipinski definition) is 1. The van der Waals surface area contributed by atoms with Gasteiger partial charge in [0.1, 0.15) is 11.8 Å². The van der Waals surface area contributed by atoms with Crippen LogP contribution in [0.3, 0.4) is 0 Å². The van der Waals surface area contributed by atoms with Gasteiger partial charge in [-0.3, -0.25) is 19.2 Å². The van der Waals surface area contributed by atoms with E-state index in [4.69, 9.17) is 9.88 Å². The fourth-order valence-electron chi connectivity index (χ4n) is 4.38. The average molecular weight is 550 g/mol. The second-order valence-electron chi connectivity index (χ2n) is 9.06. The van der Waals surface area contributed by atoms with Crippen LogP contribution in [0.4, 0.5) is 5.69 Å². The molecule has 1 aliphatic heterocycles. The van der Waals surface area contributed by atoms with Gasteiger partial charge in [0.25, 0.3) is 5.91 Å². The number of imide groups is 1. The molecule has 0 aromatic heterocycles. The summed E-state index contributed by atoms with van der Waals surface area (Å²) in [7, 11) is -3.84. The molecule has 1 fully saturated rings. The van der Waals surface area contributed by atoms with Crippen molar-refractivity contribution in [3.8, 4) is 5.75 Å². The van der Waals surface area contributed by atoms with Gasteiger partial charge in [0, 0.05) is 13.5 Å². The van der Waals surface area contributed by atoms with Crippen LogP contribution in [0.5, 0.6) is 5.75 Å². The van der Waals surface area contributed by atoms with Crippen LogP contribution in [0.2, 0.25) is 0 Å². The summed E-state index contributed by atoms with van der Waals surface area (Å²) < 4.78 is 28.1. The molecule has 3 aromatic carbocycles. The molecule has 10 nitrogen and oxygen atoms in total. The molecule has 1 saturated heterocycles. The fourth-order valence-corrected chi connectivity index (χ4v) is 4.90. The van der Waals surface area contributed by atoms with Crippen LogP contribution in [0, 0.1) is 0 Å². The highest BCUT2D eigenvalue weighted by Gasteiger charge is 2.44. The molecule has 3 aromatic rings. The lowest BCUT2D eigenvalue weighted by molar-refractivity contribution is -0.137. The molecule has 0 bridgehead atoms. The van der Waals surface area contributed by atoms with E-state index >= 15 is 0 Å². The summed E-state index contributed by atoms with van der Waals surface area (Å²) in [5.74, 6) is -1.54. The first-order valence-electron chi connectivity index (χ1n) is 12.1. The van der Waals surface area contributed by atoms with Crippen molar-refractivity contribution >= 4 is 39.4 Å². The standard InChI is InChI=1S/C28H27N3O7S/c1-19(32)38-23-11-9-22(10-12-23)31-27(34)18-25(28(31)35)30(26(33)17-21-5-3-2-4-6-21)16-15-20-7-13-24(14-8-20)39(29,36)37/h2-14,25H,15-18H2,1H3,(H2,29,36,37). The van der Waals surface area contributed by atoms with Crippen LogP contribution in [-0.4, -0.2) is 49.6 Å². The minimum Gasteiger partial charge on any atom is -0.427 e. The second-order valence-corrected chi connectivity index (χ2v) is 10.6. The largest absolute Gasteiger partial charge is 0.427 e. The minimum absolute atomic E-state index is 0.0322. The average Bonchev–Trinajstić information content (AvgIpc) is 3.18. The number of esters is 1. The Morgan fingerprint density at radius 1 is 0.949 bits per heavy atom. The van der Waals surface area contributed by atoms with Gasteiger partial charge in [-0.05, 0) is 53.9 Å². The normalized spacial score (nSPS) is 15.3. The monoisotopic (exact) mass is 549 g/mol. The lowest BCUT2D eigenvalue weighted by Crippen LogP contribution is -2.47. The third-order valence-corrected chi connectivity index (χ3v) is 7.20. The molecule has 39 heavy (non-hydrogen) atoms. The van der Waals surface area contributed by atoms with Crippen LogP contribution >= 0.6 is 0 Å². The smallest absolute Gasteiger partial charge is 0.308 e. The molecule has 202 valence electrons. The molecule has 0 spiro atoms. The maximum atomic E-state index is 13.5. The van der Waals surface area contributed by atoms with Crippen molar-refractivity contribution in [3.05, 3.63) is 90.0 Å². The Kier molecular flexibility index (Phi) is 8.22. The van der Waals surface area contributed by atoms with Gasteiger partial charge in [0.15, 0.2) is 0 Å². The Morgan fingerprint density at radius 2 is 1.59 bits per heavy atom. The number of sulfonamides is 1. The second kappa shape index (κ2) is 11.6. The molecular formula is C28H27N3O7S. The Balaban J connectivity index is 1.56. The zero-order valence-corrected chi connectivity index (χ0v) is 22.0. The van der Waals surface area contributed by atoms with Crippen LogP contribution in [-0.2, 0) is 42.0 Å². The number of carbonyl (C=O) groups is 4. The van der Waals surface area contributed by atoms with Crippen molar-refractivity contribution < 1.29 is 32.3 Å². The third kappa shape index (κ3) is 6.75. The summed E-state index contributed by atoms with van der Waals surface area (Å²) in [5.41, 5.74) is 1.80. The van der Waals surface area contributed by atoms with E-state index in [-0.39, 0.29) is 35.9 Å². The Hall–Kier alpha value is -4.35. The highest BCUT2D eigenvalue weighted by Crippen LogP contribution is 2.28. The number of anilines is 1. The van der Waals surface area contributed by atoms with E-state index in [9.17, 15) is 27.6 Å². The number of primary sulfonamides is 1. The van der Waals surface area contributed by atoms with E-state index in [0.717, 1.165) is 16.0 Å². The molecular weight excluding hydrogens is 522 g/mol. The number of nitrogens with zero attached hydrogens (tertiary/aromatic N) is 2. The van der Waals surface area contributed by atoms with Crippen LogP contribution in [0.1, 0.15) is 24.5 Å². The van der Waals surface area contributed by atoms with E-state index in [1.54, 1.807) is 24.3 Å². The SMILES string of the molecule is CC(=O)Oc1ccc(N2C(=O)CC(N(CCc3ccc(S(N)(=O)=O)cc3)C(=O)Cc3ccccc3)C2=O)cc1. The Bertz CT molecular complexity index is 1490. The summed E-state index contributed by atoms with van der Waals surface area (Å²) in [6.45, 7) is 1.39. The molecule has 1 heterocycles. The minimum atomic E-state index is -3.84. The zero-order chi connectivity index (χ0) is 28.2. The van der Waals surface area contributed by atoms with Crippen LogP contribution in [0.15, 0.2) is 83.8 Å². The van der Waals surface area contributed by atoms with Crippen molar-refractivity contribution in [1.29, 1.82) is 0 Å². The maximum Gasteiger partial charge on any atom is 0.308 e. The van der Waals surface area contributed by atoms with Gasteiger partial charge >= 0.3 is 5.97 Å². The third-order valence-electron chi connectivity index (χ3n) is 6.27. The lowest BCUT2D eigenvalue weighted by atomic mass is 10.1. The summed E-state index contributed by atoms with van der Waals surface area (Å²) in [6, 6.07) is 20.0. The Labute approximate surface area is 226 Å². The number of amides is 3. The van der Waals surface area contributed by atoms with E-state index < -0.39 is 33.8 Å². The number of ether oxygens (including phenoxy) is 1. The van der Waals surface area contributed by atoms with Gasteiger partial charge in [-0.1, -0.05) is 42.5 Å². The summed E-state index contributed by atoms with van der Waals surface area (Å²) in [4.78, 5) is 53.5. The number of rotatable bonds is 9. The fraction of sp³-hybridized carbons (Fsp3) is 0.214. The molecule has 0 radical (unpaired) electrons. The predicted octanol–water partition coefficient (Wildman–Crippen LogP) is 2.21. The highest BCUT2D eigenvalue weighted by atomic mass is 32.2. The van der Waals surface area contributed by atoms with Gasteiger partial charge < -0.3 is 9.64 Å². The van der Waals surface area contributed by atoms with Gasteiger partial charge in [-0.15, -0.1) is 0 Å². The van der Waals surface area contributed by atoms with Gasteiger partial charge in [0.05, 0.1) is 23.4 Å². The maximum absolute atomic E-state index is 13.5. The van der Waals surface area contributed by atoms with Crippen molar-refractivity contribution in [2.24, 2.45) is 5.14 Å².